The van der Waals surface area contributed by atoms with Gasteiger partial charge in [-0.2, -0.15) is 4.89 Å². The van der Waals surface area contributed by atoms with E-state index in [4.69, 9.17) is 14.5 Å². The third-order valence-electron chi connectivity index (χ3n) is 4.80. The largest absolute Gasteiger partial charge is 0.317 e. The van der Waals surface area contributed by atoms with Crippen molar-refractivity contribution in [2.45, 2.75) is 37.9 Å². The topological polar surface area (TPSA) is 27.7 Å². The van der Waals surface area contributed by atoms with Gasteiger partial charge in [0.25, 0.3) is 0 Å². The molecule has 0 amide bonds. The van der Waals surface area contributed by atoms with Gasteiger partial charge in [0.1, 0.15) is 0 Å². The standard InChI is InChI=1S/C11H16O3/c1-7-2-9-4-8(1)5-10(3-7)11(9)12-6-13-14-11/h7-10H,1-6H2. The van der Waals surface area contributed by atoms with Crippen molar-refractivity contribution < 1.29 is 14.5 Å². The Hall–Kier alpha value is -0.120. The molecular weight excluding hydrogens is 180 g/mol. The van der Waals surface area contributed by atoms with Gasteiger partial charge in [0.2, 0.25) is 5.79 Å². The minimum atomic E-state index is -0.326. The maximum Gasteiger partial charge on any atom is 0.209 e. The van der Waals surface area contributed by atoms with Crippen LogP contribution in [0.1, 0.15) is 32.1 Å². The van der Waals surface area contributed by atoms with E-state index < -0.39 is 0 Å². The van der Waals surface area contributed by atoms with Gasteiger partial charge in [-0.25, -0.2) is 4.89 Å². The van der Waals surface area contributed by atoms with E-state index in [2.05, 4.69) is 0 Å². The Labute approximate surface area is 83.6 Å². The van der Waals surface area contributed by atoms with Crippen molar-refractivity contribution in [3.63, 3.8) is 0 Å². The quantitative estimate of drug-likeness (QED) is 0.555. The number of hydrogen-bond acceptors (Lipinski definition) is 3. The summed E-state index contributed by atoms with van der Waals surface area (Å²) < 4.78 is 5.77. The first-order chi connectivity index (χ1) is 6.87. The van der Waals surface area contributed by atoms with E-state index in [9.17, 15) is 0 Å². The van der Waals surface area contributed by atoms with Crippen LogP contribution in [-0.4, -0.2) is 12.6 Å². The van der Waals surface area contributed by atoms with Crippen LogP contribution < -0.4 is 0 Å². The molecule has 1 aliphatic heterocycles. The lowest BCUT2D eigenvalue weighted by Gasteiger charge is -2.56. The fraction of sp³-hybridized carbons (Fsp3) is 1.00. The van der Waals surface area contributed by atoms with Gasteiger partial charge in [-0.1, -0.05) is 0 Å². The Morgan fingerprint density at radius 2 is 1.50 bits per heavy atom. The lowest BCUT2D eigenvalue weighted by molar-refractivity contribution is -0.379. The average molecular weight is 196 g/mol. The van der Waals surface area contributed by atoms with Crippen molar-refractivity contribution in [1.29, 1.82) is 0 Å². The fourth-order valence-electron chi connectivity index (χ4n) is 4.47. The molecule has 0 aromatic carbocycles. The second-order valence-corrected chi connectivity index (χ2v) is 5.49. The summed E-state index contributed by atoms with van der Waals surface area (Å²) in [5.41, 5.74) is 0. The van der Waals surface area contributed by atoms with E-state index in [1.165, 1.54) is 32.1 Å². The van der Waals surface area contributed by atoms with Crippen LogP contribution in [-0.2, 0) is 14.5 Å². The van der Waals surface area contributed by atoms with E-state index in [0.717, 1.165) is 11.8 Å². The zero-order valence-corrected chi connectivity index (χ0v) is 8.28. The molecule has 1 saturated heterocycles. The summed E-state index contributed by atoms with van der Waals surface area (Å²) in [6, 6.07) is 0. The summed E-state index contributed by atoms with van der Waals surface area (Å²) in [5, 5.41) is 0. The second-order valence-electron chi connectivity index (χ2n) is 5.49. The molecule has 0 aromatic heterocycles. The predicted molar refractivity (Wildman–Crippen MR) is 47.9 cm³/mol. The van der Waals surface area contributed by atoms with Gasteiger partial charge in [-0.15, -0.1) is 0 Å². The molecule has 5 rings (SSSR count). The van der Waals surface area contributed by atoms with Crippen LogP contribution in [0, 0.1) is 23.7 Å². The molecule has 0 radical (unpaired) electrons. The molecule has 3 nitrogen and oxygen atoms in total. The molecule has 14 heavy (non-hydrogen) atoms. The van der Waals surface area contributed by atoms with E-state index in [1.807, 2.05) is 0 Å². The normalized spacial score (nSPS) is 60.0. The Morgan fingerprint density at radius 1 is 0.857 bits per heavy atom. The van der Waals surface area contributed by atoms with Crippen molar-refractivity contribution >= 4 is 0 Å². The zero-order chi connectivity index (χ0) is 9.17. The lowest BCUT2D eigenvalue weighted by atomic mass is 9.53. The van der Waals surface area contributed by atoms with Gasteiger partial charge in [0.15, 0.2) is 6.79 Å². The minimum absolute atomic E-state index is 0.326. The van der Waals surface area contributed by atoms with Crippen LogP contribution in [0.2, 0.25) is 0 Å². The molecule has 0 unspecified atom stereocenters. The van der Waals surface area contributed by atoms with E-state index in [1.54, 1.807) is 0 Å². The van der Waals surface area contributed by atoms with Gasteiger partial charge in [0, 0.05) is 11.8 Å². The number of rotatable bonds is 0. The van der Waals surface area contributed by atoms with Crippen molar-refractivity contribution in [3.05, 3.63) is 0 Å². The van der Waals surface area contributed by atoms with Crippen LogP contribution in [0.3, 0.4) is 0 Å². The first-order valence-corrected chi connectivity index (χ1v) is 5.81. The molecule has 3 heteroatoms. The third-order valence-corrected chi connectivity index (χ3v) is 4.80. The maximum absolute atomic E-state index is 5.77. The highest BCUT2D eigenvalue weighted by atomic mass is 17.3. The molecular formula is C11H16O3. The summed E-state index contributed by atoms with van der Waals surface area (Å²) in [6.45, 7) is 0.336. The zero-order valence-electron chi connectivity index (χ0n) is 8.28. The first-order valence-electron chi connectivity index (χ1n) is 5.81. The predicted octanol–water partition coefficient (Wildman–Crippen LogP) is 2.07. The molecule has 0 N–H and O–H groups in total. The monoisotopic (exact) mass is 196 g/mol. The van der Waals surface area contributed by atoms with Crippen LogP contribution >= 0.6 is 0 Å². The molecule has 4 aliphatic carbocycles. The Bertz CT molecular complexity index is 227. The molecule has 0 aromatic rings. The first kappa shape index (κ1) is 8.08. The van der Waals surface area contributed by atoms with Crippen molar-refractivity contribution in [1.82, 2.24) is 0 Å². The molecule has 4 bridgehead atoms. The maximum atomic E-state index is 5.77. The smallest absolute Gasteiger partial charge is 0.209 e. The van der Waals surface area contributed by atoms with Crippen LogP contribution in [0.25, 0.3) is 0 Å². The highest BCUT2D eigenvalue weighted by Gasteiger charge is 2.61. The Kier molecular flexibility index (Phi) is 1.45. The molecule has 0 atom stereocenters. The highest BCUT2D eigenvalue weighted by Crippen LogP contribution is 2.60. The molecule has 4 saturated carbocycles. The van der Waals surface area contributed by atoms with Crippen LogP contribution in [0.15, 0.2) is 0 Å². The summed E-state index contributed by atoms with van der Waals surface area (Å²) >= 11 is 0. The summed E-state index contributed by atoms with van der Waals surface area (Å²) in [5.74, 6) is 2.81. The second kappa shape index (κ2) is 2.52. The summed E-state index contributed by atoms with van der Waals surface area (Å²) in [7, 11) is 0. The van der Waals surface area contributed by atoms with E-state index >= 15 is 0 Å². The fourth-order valence-corrected chi connectivity index (χ4v) is 4.47. The minimum Gasteiger partial charge on any atom is -0.317 e. The van der Waals surface area contributed by atoms with Crippen molar-refractivity contribution in [3.8, 4) is 0 Å². The summed E-state index contributed by atoms with van der Waals surface area (Å²) in [4.78, 5) is 10.5. The Balaban J connectivity index is 1.73. The molecule has 5 fully saturated rings. The van der Waals surface area contributed by atoms with E-state index in [0.29, 0.717) is 18.6 Å². The van der Waals surface area contributed by atoms with Gasteiger partial charge in [0.05, 0.1) is 0 Å². The van der Waals surface area contributed by atoms with Crippen LogP contribution in [0.4, 0.5) is 0 Å². The SMILES string of the molecule is C1OOC2(O1)C1CC3CC(C1)CC2C3. The van der Waals surface area contributed by atoms with Crippen molar-refractivity contribution in [2.24, 2.45) is 23.7 Å². The molecule has 5 aliphatic rings. The van der Waals surface area contributed by atoms with Gasteiger partial charge < -0.3 is 4.74 Å². The number of ether oxygens (including phenoxy) is 1. The van der Waals surface area contributed by atoms with Gasteiger partial charge in [-0.3, -0.25) is 0 Å². The molecule has 1 spiro atoms. The van der Waals surface area contributed by atoms with Crippen LogP contribution in [0.5, 0.6) is 0 Å². The van der Waals surface area contributed by atoms with Crippen molar-refractivity contribution in [2.75, 3.05) is 6.79 Å². The Morgan fingerprint density at radius 3 is 2.00 bits per heavy atom. The van der Waals surface area contributed by atoms with E-state index in [-0.39, 0.29) is 5.79 Å². The van der Waals surface area contributed by atoms with Gasteiger partial charge >= 0.3 is 0 Å². The summed E-state index contributed by atoms with van der Waals surface area (Å²) in [6.07, 6.45) is 6.67. The average Bonchev–Trinajstić information content (AvgIpc) is 2.63. The third kappa shape index (κ3) is 0.841. The number of hydrogen-bond donors (Lipinski definition) is 0. The molecule has 1 heterocycles. The molecule has 78 valence electrons. The highest BCUT2D eigenvalue weighted by molar-refractivity contribution is 5.03. The van der Waals surface area contributed by atoms with Gasteiger partial charge in [-0.05, 0) is 43.9 Å². The lowest BCUT2D eigenvalue weighted by Crippen LogP contribution is -2.58.